The maximum atomic E-state index is 12.9. The third-order valence-electron chi connectivity index (χ3n) is 3.37. The number of amides is 1. The zero-order valence-electron chi connectivity index (χ0n) is 12.5. The van der Waals surface area contributed by atoms with Crippen molar-refractivity contribution in [3.63, 3.8) is 0 Å². The number of halogens is 1. The van der Waals surface area contributed by atoms with Crippen LogP contribution in [0.15, 0.2) is 54.6 Å². The van der Waals surface area contributed by atoms with Gasteiger partial charge in [-0.3, -0.25) is 4.79 Å². The SMILES string of the molecule is Cc1sc(NC(=O)Cc2ccc(F)cc2)nc1-c1ccccc1. The van der Waals surface area contributed by atoms with E-state index in [1.807, 2.05) is 37.3 Å². The summed E-state index contributed by atoms with van der Waals surface area (Å²) in [6.45, 7) is 1.98. The number of hydrogen-bond donors (Lipinski definition) is 1. The summed E-state index contributed by atoms with van der Waals surface area (Å²) in [5.74, 6) is -0.470. The van der Waals surface area contributed by atoms with E-state index >= 15 is 0 Å². The Morgan fingerprint density at radius 1 is 1.13 bits per heavy atom. The molecule has 0 saturated carbocycles. The fourth-order valence-corrected chi connectivity index (χ4v) is 3.12. The van der Waals surface area contributed by atoms with E-state index in [1.54, 1.807) is 12.1 Å². The van der Waals surface area contributed by atoms with Crippen molar-refractivity contribution in [1.82, 2.24) is 4.98 Å². The number of hydrogen-bond acceptors (Lipinski definition) is 3. The van der Waals surface area contributed by atoms with E-state index in [2.05, 4.69) is 10.3 Å². The van der Waals surface area contributed by atoms with Crippen LogP contribution in [-0.4, -0.2) is 10.9 Å². The van der Waals surface area contributed by atoms with E-state index in [-0.39, 0.29) is 18.1 Å². The second-order valence-corrected chi connectivity index (χ2v) is 6.34. The van der Waals surface area contributed by atoms with Gasteiger partial charge in [0.1, 0.15) is 5.82 Å². The van der Waals surface area contributed by atoms with Crippen molar-refractivity contribution in [2.75, 3.05) is 5.32 Å². The Bertz CT molecular complexity index is 813. The van der Waals surface area contributed by atoms with E-state index in [9.17, 15) is 9.18 Å². The molecule has 0 atom stereocenters. The number of carbonyl (C=O) groups excluding carboxylic acids is 1. The second kappa shape index (κ2) is 6.71. The first-order valence-corrected chi connectivity index (χ1v) is 8.00. The number of anilines is 1. The molecule has 116 valence electrons. The molecule has 2 aromatic carbocycles. The fourth-order valence-electron chi connectivity index (χ4n) is 2.26. The van der Waals surface area contributed by atoms with Crippen LogP contribution in [0.2, 0.25) is 0 Å². The summed E-state index contributed by atoms with van der Waals surface area (Å²) >= 11 is 1.45. The molecule has 0 unspecified atom stereocenters. The first-order chi connectivity index (χ1) is 11.1. The van der Waals surface area contributed by atoms with E-state index in [1.165, 1.54) is 23.5 Å². The number of nitrogens with one attached hydrogen (secondary N) is 1. The minimum atomic E-state index is -0.308. The lowest BCUT2D eigenvalue weighted by Crippen LogP contribution is -2.14. The topological polar surface area (TPSA) is 42.0 Å². The van der Waals surface area contributed by atoms with Crippen LogP contribution in [0.1, 0.15) is 10.4 Å². The molecule has 23 heavy (non-hydrogen) atoms. The summed E-state index contributed by atoms with van der Waals surface area (Å²) in [5.41, 5.74) is 2.67. The first-order valence-electron chi connectivity index (χ1n) is 7.19. The second-order valence-electron chi connectivity index (χ2n) is 5.14. The fraction of sp³-hybridized carbons (Fsp3) is 0.111. The summed E-state index contributed by atoms with van der Waals surface area (Å²) in [7, 11) is 0. The van der Waals surface area contributed by atoms with Crippen LogP contribution in [-0.2, 0) is 11.2 Å². The van der Waals surface area contributed by atoms with Gasteiger partial charge in [0.2, 0.25) is 5.91 Å². The minimum Gasteiger partial charge on any atom is -0.302 e. The van der Waals surface area contributed by atoms with E-state index in [4.69, 9.17) is 0 Å². The van der Waals surface area contributed by atoms with Crippen LogP contribution in [0.25, 0.3) is 11.3 Å². The van der Waals surface area contributed by atoms with Crippen LogP contribution in [0, 0.1) is 12.7 Å². The zero-order chi connectivity index (χ0) is 16.2. The van der Waals surface area contributed by atoms with Gasteiger partial charge in [-0.2, -0.15) is 0 Å². The van der Waals surface area contributed by atoms with Gasteiger partial charge in [0, 0.05) is 10.4 Å². The van der Waals surface area contributed by atoms with E-state index in [0.717, 1.165) is 21.7 Å². The Morgan fingerprint density at radius 2 is 1.83 bits per heavy atom. The largest absolute Gasteiger partial charge is 0.302 e. The molecule has 1 amide bonds. The molecule has 3 rings (SSSR count). The predicted octanol–water partition coefficient (Wildman–Crippen LogP) is 4.44. The molecule has 0 aliphatic carbocycles. The summed E-state index contributed by atoms with van der Waals surface area (Å²) < 4.78 is 12.9. The smallest absolute Gasteiger partial charge is 0.230 e. The highest BCUT2D eigenvalue weighted by molar-refractivity contribution is 7.16. The molecule has 0 fully saturated rings. The first kappa shape index (κ1) is 15.4. The van der Waals surface area contributed by atoms with Crippen LogP contribution in [0.5, 0.6) is 0 Å². The standard InChI is InChI=1S/C18H15FN2OS/c1-12-17(14-5-3-2-4-6-14)21-18(23-12)20-16(22)11-13-7-9-15(19)10-8-13/h2-10H,11H2,1H3,(H,20,21,22). The minimum absolute atomic E-state index is 0.162. The van der Waals surface area contributed by atoms with Crippen molar-refractivity contribution in [1.29, 1.82) is 0 Å². The van der Waals surface area contributed by atoms with Gasteiger partial charge in [0.25, 0.3) is 0 Å². The van der Waals surface area contributed by atoms with Crippen molar-refractivity contribution >= 4 is 22.4 Å². The van der Waals surface area contributed by atoms with Crippen molar-refractivity contribution in [3.05, 3.63) is 70.9 Å². The van der Waals surface area contributed by atoms with Gasteiger partial charge in [-0.1, -0.05) is 42.5 Å². The summed E-state index contributed by atoms with van der Waals surface area (Å²) in [6, 6.07) is 15.8. The lowest BCUT2D eigenvalue weighted by Gasteiger charge is -2.02. The van der Waals surface area contributed by atoms with Gasteiger partial charge in [-0.05, 0) is 24.6 Å². The van der Waals surface area contributed by atoms with Gasteiger partial charge < -0.3 is 5.32 Å². The molecule has 0 aliphatic rings. The molecule has 0 radical (unpaired) electrons. The number of aromatic nitrogens is 1. The molecule has 0 bridgehead atoms. The maximum Gasteiger partial charge on any atom is 0.230 e. The third kappa shape index (κ3) is 3.81. The molecule has 3 aromatic rings. The molecule has 1 N–H and O–H groups in total. The Balaban J connectivity index is 1.71. The summed E-state index contributed by atoms with van der Waals surface area (Å²) in [6.07, 6.45) is 0.194. The number of nitrogens with zero attached hydrogens (tertiary/aromatic N) is 1. The molecule has 1 heterocycles. The predicted molar refractivity (Wildman–Crippen MR) is 91.0 cm³/mol. The van der Waals surface area contributed by atoms with Gasteiger partial charge in [0.05, 0.1) is 12.1 Å². The monoisotopic (exact) mass is 326 g/mol. The lowest BCUT2D eigenvalue weighted by atomic mass is 10.1. The van der Waals surface area contributed by atoms with Crippen LogP contribution in [0.4, 0.5) is 9.52 Å². The third-order valence-corrected chi connectivity index (χ3v) is 4.25. The summed E-state index contributed by atoms with van der Waals surface area (Å²) in [4.78, 5) is 17.6. The number of thiazole rings is 1. The van der Waals surface area contributed by atoms with Crippen molar-refractivity contribution in [2.45, 2.75) is 13.3 Å². The van der Waals surface area contributed by atoms with Crippen molar-refractivity contribution in [2.24, 2.45) is 0 Å². The molecular weight excluding hydrogens is 311 g/mol. The number of rotatable bonds is 4. The summed E-state index contributed by atoms with van der Waals surface area (Å²) in [5, 5.41) is 3.39. The highest BCUT2D eigenvalue weighted by Crippen LogP contribution is 2.30. The van der Waals surface area contributed by atoms with E-state index in [0.29, 0.717) is 5.13 Å². The zero-order valence-corrected chi connectivity index (χ0v) is 13.4. The number of carbonyl (C=O) groups is 1. The van der Waals surface area contributed by atoms with Gasteiger partial charge >= 0.3 is 0 Å². The molecule has 5 heteroatoms. The number of aryl methyl sites for hydroxylation is 1. The van der Waals surface area contributed by atoms with E-state index < -0.39 is 0 Å². The Labute approximate surface area is 137 Å². The van der Waals surface area contributed by atoms with Crippen LogP contribution >= 0.6 is 11.3 Å². The van der Waals surface area contributed by atoms with Gasteiger partial charge in [0.15, 0.2) is 5.13 Å². The average Bonchev–Trinajstić information content (AvgIpc) is 2.91. The van der Waals surface area contributed by atoms with Crippen LogP contribution in [0.3, 0.4) is 0 Å². The molecule has 3 nitrogen and oxygen atoms in total. The van der Waals surface area contributed by atoms with Gasteiger partial charge in [-0.25, -0.2) is 9.37 Å². The molecular formula is C18H15FN2OS. The van der Waals surface area contributed by atoms with Gasteiger partial charge in [-0.15, -0.1) is 11.3 Å². The normalized spacial score (nSPS) is 10.5. The molecule has 0 saturated heterocycles. The Morgan fingerprint density at radius 3 is 2.52 bits per heavy atom. The quantitative estimate of drug-likeness (QED) is 0.770. The average molecular weight is 326 g/mol. The molecule has 0 aliphatic heterocycles. The maximum absolute atomic E-state index is 12.9. The van der Waals surface area contributed by atoms with Crippen molar-refractivity contribution < 1.29 is 9.18 Å². The Kier molecular flexibility index (Phi) is 4.48. The Hall–Kier alpha value is -2.53. The van der Waals surface area contributed by atoms with Crippen LogP contribution < -0.4 is 5.32 Å². The highest BCUT2D eigenvalue weighted by atomic mass is 32.1. The highest BCUT2D eigenvalue weighted by Gasteiger charge is 2.12. The van der Waals surface area contributed by atoms with Crippen molar-refractivity contribution in [3.8, 4) is 11.3 Å². The number of benzene rings is 2. The molecule has 1 aromatic heterocycles. The molecule has 0 spiro atoms. The lowest BCUT2D eigenvalue weighted by molar-refractivity contribution is -0.115.